The maximum atomic E-state index is 12.1. The summed E-state index contributed by atoms with van der Waals surface area (Å²) in [7, 11) is 1.56. The van der Waals surface area contributed by atoms with Gasteiger partial charge in [0.05, 0.1) is 24.7 Å². The van der Waals surface area contributed by atoms with Gasteiger partial charge >= 0.3 is 0 Å². The topological polar surface area (TPSA) is 92.9 Å². The molecule has 0 bridgehead atoms. The summed E-state index contributed by atoms with van der Waals surface area (Å²) in [5.41, 5.74) is 0.181. The first kappa shape index (κ1) is 16.2. The number of rotatable bonds is 9. The molecular formula is C13H18N2O5. The Kier molecular flexibility index (Phi) is 6.78. The average Bonchev–Trinajstić information content (AvgIpc) is 2.45. The molecule has 0 spiro atoms. The second-order valence-corrected chi connectivity index (χ2v) is 4.22. The molecular weight excluding hydrogens is 264 g/mol. The van der Waals surface area contributed by atoms with Crippen molar-refractivity contribution >= 4 is 11.5 Å². The Labute approximate surface area is 116 Å². The molecule has 1 rings (SSSR count). The number of hydrogen-bond acceptors (Lipinski definition) is 6. The van der Waals surface area contributed by atoms with Crippen LogP contribution in [0.25, 0.3) is 0 Å². The number of carbonyl (C=O) groups excluding carboxylic acids is 1. The SMILES string of the molecule is COCCN(CCO)CC(=O)c1cccc([N+](=O)[O-])c1. The fourth-order valence-corrected chi connectivity index (χ4v) is 1.72. The monoisotopic (exact) mass is 282 g/mol. The molecule has 7 heteroatoms. The van der Waals surface area contributed by atoms with Gasteiger partial charge in [-0.25, -0.2) is 0 Å². The second-order valence-electron chi connectivity index (χ2n) is 4.22. The van der Waals surface area contributed by atoms with Crippen molar-refractivity contribution < 1.29 is 19.6 Å². The number of nitro groups is 1. The number of aliphatic hydroxyl groups excluding tert-OH is 1. The summed E-state index contributed by atoms with van der Waals surface area (Å²) in [5.74, 6) is -0.224. The highest BCUT2D eigenvalue weighted by molar-refractivity contribution is 5.98. The van der Waals surface area contributed by atoms with Gasteiger partial charge in [0.1, 0.15) is 0 Å². The Balaban J connectivity index is 2.72. The van der Waals surface area contributed by atoms with Crippen molar-refractivity contribution in [3.63, 3.8) is 0 Å². The van der Waals surface area contributed by atoms with E-state index < -0.39 is 4.92 Å². The molecule has 0 aliphatic carbocycles. The maximum Gasteiger partial charge on any atom is 0.270 e. The van der Waals surface area contributed by atoms with Gasteiger partial charge in [0.15, 0.2) is 5.78 Å². The summed E-state index contributed by atoms with van der Waals surface area (Å²) in [5, 5.41) is 19.6. The van der Waals surface area contributed by atoms with Gasteiger partial charge in [-0.05, 0) is 0 Å². The van der Waals surface area contributed by atoms with Crippen LogP contribution in [0, 0.1) is 10.1 Å². The van der Waals surface area contributed by atoms with Crippen molar-refractivity contribution in [2.45, 2.75) is 0 Å². The molecule has 0 saturated heterocycles. The largest absolute Gasteiger partial charge is 0.395 e. The number of ether oxygens (including phenoxy) is 1. The molecule has 20 heavy (non-hydrogen) atoms. The summed E-state index contributed by atoms with van der Waals surface area (Å²) in [6.07, 6.45) is 0. The van der Waals surface area contributed by atoms with E-state index in [-0.39, 0.29) is 24.6 Å². The van der Waals surface area contributed by atoms with Gasteiger partial charge in [-0.3, -0.25) is 19.8 Å². The molecule has 0 aromatic heterocycles. The first-order valence-electron chi connectivity index (χ1n) is 6.18. The standard InChI is InChI=1S/C13H18N2O5/c1-20-8-6-14(5-7-16)10-13(17)11-3-2-4-12(9-11)15(18)19/h2-4,9,16H,5-8,10H2,1H3. The predicted molar refractivity (Wildman–Crippen MR) is 72.8 cm³/mol. The minimum atomic E-state index is -0.535. The van der Waals surface area contributed by atoms with Crippen LogP contribution >= 0.6 is 0 Å². The summed E-state index contributed by atoms with van der Waals surface area (Å²) in [4.78, 5) is 24.0. The van der Waals surface area contributed by atoms with Gasteiger partial charge in [-0.15, -0.1) is 0 Å². The van der Waals surface area contributed by atoms with Crippen LogP contribution in [-0.4, -0.2) is 60.7 Å². The molecule has 0 radical (unpaired) electrons. The third-order valence-electron chi connectivity index (χ3n) is 2.77. The lowest BCUT2D eigenvalue weighted by Gasteiger charge is -2.19. The van der Waals surface area contributed by atoms with Gasteiger partial charge < -0.3 is 9.84 Å². The molecule has 0 aliphatic rings. The zero-order chi connectivity index (χ0) is 15.0. The van der Waals surface area contributed by atoms with Crippen LogP contribution in [0.4, 0.5) is 5.69 Å². The summed E-state index contributed by atoms with van der Waals surface area (Å²) < 4.78 is 4.93. The minimum absolute atomic E-state index is 0.0636. The Morgan fingerprint density at radius 2 is 2.20 bits per heavy atom. The van der Waals surface area contributed by atoms with Crippen molar-refractivity contribution in [1.82, 2.24) is 4.90 Å². The van der Waals surface area contributed by atoms with E-state index >= 15 is 0 Å². The number of benzene rings is 1. The van der Waals surface area contributed by atoms with E-state index in [1.165, 1.54) is 18.2 Å². The highest BCUT2D eigenvalue weighted by Gasteiger charge is 2.15. The van der Waals surface area contributed by atoms with Crippen LogP contribution in [0.5, 0.6) is 0 Å². The zero-order valence-electron chi connectivity index (χ0n) is 11.3. The minimum Gasteiger partial charge on any atom is -0.395 e. The molecule has 0 amide bonds. The third-order valence-corrected chi connectivity index (χ3v) is 2.77. The van der Waals surface area contributed by atoms with Crippen LogP contribution in [0.1, 0.15) is 10.4 Å². The highest BCUT2D eigenvalue weighted by Crippen LogP contribution is 2.13. The molecule has 110 valence electrons. The smallest absolute Gasteiger partial charge is 0.270 e. The van der Waals surface area contributed by atoms with Gasteiger partial charge in [-0.1, -0.05) is 12.1 Å². The normalized spacial score (nSPS) is 10.8. The third kappa shape index (κ3) is 5.04. The highest BCUT2D eigenvalue weighted by atomic mass is 16.6. The van der Waals surface area contributed by atoms with Crippen molar-refractivity contribution in [1.29, 1.82) is 0 Å². The van der Waals surface area contributed by atoms with Crippen molar-refractivity contribution in [3.05, 3.63) is 39.9 Å². The Hall–Kier alpha value is -1.83. The number of nitrogens with zero attached hydrogens (tertiary/aromatic N) is 2. The van der Waals surface area contributed by atoms with Crippen LogP contribution < -0.4 is 0 Å². The van der Waals surface area contributed by atoms with Crippen LogP contribution in [0.3, 0.4) is 0 Å². The summed E-state index contributed by atoms with van der Waals surface area (Å²) >= 11 is 0. The van der Waals surface area contributed by atoms with E-state index in [1.54, 1.807) is 18.1 Å². The lowest BCUT2D eigenvalue weighted by Crippen LogP contribution is -2.35. The number of carbonyl (C=O) groups is 1. The van der Waals surface area contributed by atoms with E-state index in [4.69, 9.17) is 9.84 Å². The number of hydrogen-bond donors (Lipinski definition) is 1. The molecule has 1 N–H and O–H groups in total. The van der Waals surface area contributed by atoms with Gasteiger partial charge in [-0.2, -0.15) is 0 Å². The van der Waals surface area contributed by atoms with Crippen molar-refractivity contribution in [2.24, 2.45) is 0 Å². The van der Waals surface area contributed by atoms with E-state index in [9.17, 15) is 14.9 Å². The van der Waals surface area contributed by atoms with Gasteiger partial charge in [0.25, 0.3) is 5.69 Å². The molecule has 0 fully saturated rings. The number of nitro benzene ring substituents is 1. The number of ketones is 1. The average molecular weight is 282 g/mol. The quantitative estimate of drug-likeness (QED) is 0.407. The molecule has 0 unspecified atom stereocenters. The van der Waals surface area contributed by atoms with Crippen LogP contribution in [0.15, 0.2) is 24.3 Å². The van der Waals surface area contributed by atoms with Crippen molar-refractivity contribution in [3.8, 4) is 0 Å². The number of aliphatic hydroxyl groups is 1. The fourth-order valence-electron chi connectivity index (χ4n) is 1.72. The molecule has 0 saturated carbocycles. The van der Waals surface area contributed by atoms with Crippen LogP contribution in [0.2, 0.25) is 0 Å². The lowest BCUT2D eigenvalue weighted by atomic mass is 10.1. The molecule has 0 aliphatic heterocycles. The Morgan fingerprint density at radius 3 is 2.80 bits per heavy atom. The molecule has 0 heterocycles. The van der Waals surface area contributed by atoms with Crippen LogP contribution in [-0.2, 0) is 4.74 Å². The Morgan fingerprint density at radius 1 is 1.45 bits per heavy atom. The van der Waals surface area contributed by atoms with E-state index in [2.05, 4.69) is 0 Å². The number of non-ortho nitro benzene ring substituents is 1. The molecule has 0 atom stereocenters. The predicted octanol–water partition coefficient (Wildman–Crippen LogP) is 0.718. The van der Waals surface area contributed by atoms with E-state index in [1.807, 2.05) is 0 Å². The zero-order valence-corrected chi connectivity index (χ0v) is 11.3. The number of Topliss-reactive ketones (excluding diaryl/α,β-unsaturated/α-hetero) is 1. The fraction of sp³-hybridized carbons (Fsp3) is 0.462. The summed E-state index contributed by atoms with van der Waals surface area (Å²) in [6, 6.07) is 5.63. The first-order valence-corrected chi connectivity index (χ1v) is 6.18. The molecule has 1 aromatic carbocycles. The second kappa shape index (κ2) is 8.36. The van der Waals surface area contributed by atoms with Crippen molar-refractivity contribution in [2.75, 3.05) is 40.0 Å². The molecule has 1 aromatic rings. The van der Waals surface area contributed by atoms with Gasteiger partial charge in [0.2, 0.25) is 0 Å². The van der Waals surface area contributed by atoms with E-state index in [0.29, 0.717) is 25.3 Å². The number of methoxy groups -OCH3 is 1. The lowest BCUT2D eigenvalue weighted by molar-refractivity contribution is -0.384. The Bertz CT molecular complexity index is 464. The maximum absolute atomic E-state index is 12.1. The molecule has 7 nitrogen and oxygen atoms in total. The first-order chi connectivity index (χ1) is 9.58. The van der Waals surface area contributed by atoms with Gasteiger partial charge in [0, 0.05) is 37.9 Å². The summed E-state index contributed by atoms with van der Waals surface area (Å²) in [6.45, 7) is 1.33. The van der Waals surface area contributed by atoms with E-state index in [0.717, 1.165) is 0 Å².